The Labute approximate surface area is 405 Å². The van der Waals surface area contributed by atoms with E-state index in [1.807, 2.05) is 0 Å². The number of hydrogen-bond acceptors (Lipinski definition) is 6. The molecule has 1 aliphatic rings. The van der Waals surface area contributed by atoms with E-state index in [9.17, 15) is 0 Å². The standard InChI is InChI=1S/C42H79O6Si3.3C4H9.Sn/c1-20-35(44-29-33-24-26-34(43-13)27-25-33)31(2)22-21-23-32(3)39-37(48-51(18,19)42(10,11)12)28-36(47-50(16,17)41(7,8)9)38(46-39)30-45-49(14,15)40(4,5)6;3*1-3-4-2;/h1,20,24-27,31-32,35-39H,21-23,28-30H2,2-19H3;3*1,3-4H2,2H3;/t31-,32-,35+,36+,37-,38+,39-;;;;/m0..../s1. The molecular weight excluding hydrogens is 948 g/mol. The molecule has 1 aromatic carbocycles. The van der Waals surface area contributed by atoms with Crippen LogP contribution in [0.3, 0.4) is 0 Å². The fourth-order valence-electron chi connectivity index (χ4n) is 8.32. The fourth-order valence-corrected chi connectivity index (χ4v) is 26.4. The monoisotopic (exact) mass is 1050 g/mol. The zero-order chi connectivity index (χ0) is 48.8. The first-order valence-electron chi connectivity index (χ1n) is 26.1. The van der Waals surface area contributed by atoms with Gasteiger partial charge in [-0.1, -0.05) is 62.3 Å². The van der Waals surface area contributed by atoms with Gasteiger partial charge in [0.25, 0.3) is 0 Å². The van der Waals surface area contributed by atoms with Crippen molar-refractivity contribution in [3.63, 3.8) is 0 Å². The molecule has 6 nitrogen and oxygen atoms in total. The minimum atomic E-state index is -2.53. The number of benzene rings is 1. The second-order valence-electron chi connectivity index (χ2n) is 24.8. The molecule has 1 saturated heterocycles. The van der Waals surface area contributed by atoms with Crippen LogP contribution in [0.4, 0.5) is 0 Å². The Balaban J connectivity index is 2.49. The Morgan fingerprint density at radius 2 is 1.17 bits per heavy atom. The van der Waals surface area contributed by atoms with Gasteiger partial charge in [0.15, 0.2) is 16.6 Å². The van der Waals surface area contributed by atoms with Crippen LogP contribution < -0.4 is 4.74 Å². The third-order valence-electron chi connectivity index (χ3n) is 16.3. The molecule has 0 saturated carbocycles. The molecule has 0 N–H and O–H groups in total. The van der Waals surface area contributed by atoms with Crippen LogP contribution in [0.2, 0.25) is 67.7 Å². The van der Waals surface area contributed by atoms with Gasteiger partial charge in [-0.2, -0.15) is 0 Å². The summed E-state index contributed by atoms with van der Waals surface area (Å²) in [6.45, 7) is 48.5. The second kappa shape index (κ2) is 26.3. The van der Waals surface area contributed by atoms with Crippen molar-refractivity contribution in [3.05, 3.63) is 40.0 Å². The first kappa shape index (κ1) is 60.1. The van der Waals surface area contributed by atoms with Gasteiger partial charge in [0.2, 0.25) is 0 Å². The quantitative estimate of drug-likeness (QED) is 0.0780. The Morgan fingerprint density at radius 1 is 0.688 bits per heavy atom. The van der Waals surface area contributed by atoms with Crippen molar-refractivity contribution in [1.82, 2.24) is 0 Å². The molecule has 1 aliphatic heterocycles. The molecule has 7 atom stereocenters. The van der Waals surface area contributed by atoms with Gasteiger partial charge in [-0.05, 0) is 54.4 Å². The Hall–Kier alpha value is 0.00935. The molecule has 10 heteroatoms. The van der Waals surface area contributed by atoms with Crippen molar-refractivity contribution in [2.45, 2.75) is 266 Å². The van der Waals surface area contributed by atoms with Gasteiger partial charge in [0.05, 0.1) is 0 Å². The van der Waals surface area contributed by atoms with Crippen LogP contribution in [-0.4, -0.2) is 87.6 Å². The van der Waals surface area contributed by atoms with E-state index in [1.165, 1.54) is 57.4 Å². The molecule has 0 amide bonds. The summed E-state index contributed by atoms with van der Waals surface area (Å²) >= 11 is -2.53. The number of hydrogen-bond donors (Lipinski definition) is 0. The third kappa shape index (κ3) is 18.7. The number of unbranched alkanes of at least 4 members (excludes halogenated alkanes) is 3. The fraction of sp³-hybridized carbons (Fsp3) is 0.852. The minimum absolute atomic E-state index is 0.0225. The molecule has 0 unspecified atom stereocenters. The molecule has 374 valence electrons. The van der Waals surface area contributed by atoms with Gasteiger partial charge in [-0.15, -0.1) is 0 Å². The first-order valence-corrected chi connectivity index (χ1v) is 42.5. The SMILES string of the molecule is CCC[CH2][Sn]([CH]=C[C@@H](OCc1ccc(OC)cc1)[C@@H](C)CCC[C@H](C)[C@@H]1O[C@H](CO[Si](C)(C)C(C)(C)C)[C@H](O[Si](C)(C)C(C)(C)C)C[C@@H]1O[Si](C)(C)C(C)(C)C)([CH2]CCC)[CH2]CCC. The Bertz CT molecular complexity index is 1460. The summed E-state index contributed by atoms with van der Waals surface area (Å²) in [7, 11) is -4.55. The first-order chi connectivity index (χ1) is 29.5. The molecule has 0 spiro atoms. The van der Waals surface area contributed by atoms with Gasteiger partial charge >= 0.3 is 266 Å². The summed E-state index contributed by atoms with van der Waals surface area (Å²) in [4.78, 5) is 0. The van der Waals surface area contributed by atoms with Crippen molar-refractivity contribution in [1.29, 1.82) is 0 Å². The topological polar surface area (TPSA) is 55.4 Å². The van der Waals surface area contributed by atoms with Crippen LogP contribution in [-0.2, 0) is 29.4 Å². The van der Waals surface area contributed by atoms with Crippen LogP contribution >= 0.6 is 0 Å². The maximum atomic E-state index is 7.44. The van der Waals surface area contributed by atoms with E-state index in [0.717, 1.165) is 31.4 Å². The van der Waals surface area contributed by atoms with Crippen LogP contribution in [0.25, 0.3) is 0 Å². The molecular formula is C54H106O6Si3Sn. The zero-order valence-electron chi connectivity index (χ0n) is 46.1. The van der Waals surface area contributed by atoms with Crippen molar-refractivity contribution in [2.24, 2.45) is 11.8 Å². The van der Waals surface area contributed by atoms with E-state index in [2.05, 4.69) is 171 Å². The predicted molar refractivity (Wildman–Crippen MR) is 288 cm³/mol. The van der Waals surface area contributed by atoms with E-state index in [1.54, 1.807) is 7.11 Å². The number of ether oxygens (including phenoxy) is 3. The normalized spacial score (nSPS) is 21.3. The van der Waals surface area contributed by atoms with Gasteiger partial charge < -0.3 is 8.85 Å². The number of methoxy groups -OCH3 is 1. The summed E-state index contributed by atoms with van der Waals surface area (Å²) in [5.74, 6) is 1.60. The Morgan fingerprint density at radius 3 is 1.62 bits per heavy atom. The third-order valence-corrected chi connectivity index (χ3v) is 43.9. The van der Waals surface area contributed by atoms with E-state index in [-0.39, 0.29) is 45.6 Å². The van der Waals surface area contributed by atoms with Gasteiger partial charge in [0, 0.05) is 0 Å². The van der Waals surface area contributed by atoms with Crippen LogP contribution in [0, 0.1) is 11.8 Å². The molecule has 0 aromatic heterocycles. The summed E-state index contributed by atoms with van der Waals surface area (Å²) in [6, 6.07) is 8.41. The van der Waals surface area contributed by atoms with Crippen LogP contribution in [0.15, 0.2) is 34.4 Å². The van der Waals surface area contributed by atoms with Crippen molar-refractivity contribution in [2.75, 3.05) is 13.7 Å². The van der Waals surface area contributed by atoms with Crippen molar-refractivity contribution in [3.8, 4) is 5.75 Å². The summed E-state index contributed by atoms with van der Waals surface area (Å²) in [5, 5.41) is 0.297. The summed E-state index contributed by atoms with van der Waals surface area (Å²) in [5.41, 5.74) is 1.20. The van der Waals surface area contributed by atoms with Gasteiger partial charge in [0.1, 0.15) is 0 Å². The molecule has 1 fully saturated rings. The van der Waals surface area contributed by atoms with Gasteiger partial charge in [-0.25, -0.2) is 0 Å². The van der Waals surface area contributed by atoms with Crippen molar-refractivity contribution < 1.29 is 27.5 Å². The number of rotatable bonds is 28. The van der Waals surface area contributed by atoms with E-state index >= 15 is 0 Å². The molecule has 64 heavy (non-hydrogen) atoms. The van der Waals surface area contributed by atoms with Gasteiger partial charge in [-0.3, -0.25) is 0 Å². The molecule has 2 rings (SSSR count). The Kier molecular flexibility index (Phi) is 24.7. The molecule has 0 aliphatic carbocycles. The van der Waals surface area contributed by atoms with E-state index in [4.69, 9.17) is 27.5 Å². The summed E-state index contributed by atoms with van der Waals surface area (Å²) < 4.78 is 48.9. The average Bonchev–Trinajstić information content (AvgIpc) is 3.19. The maximum absolute atomic E-state index is 7.44. The molecule has 0 bridgehead atoms. The molecule has 0 radical (unpaired) electrons. The predicted octanol–water partition coefficient (Wildman–Crippen LogP) is 16.9. The van der Waals surface area contributed by atoms with Crippen LogP contribution in [0.5, 0.6) is 5.75 Å². The second-order valence-corrected chi connectivity index (χ2v) is 52.2. The van der Waals surface area contributed by atoms with Crippen LogP contribution in [0.1, 0.15) is 167 Å². The van der Waals surface area contributed by atoms with Crippen molar-refractivity contribution >= 4 is 43.3 Å². The van der Waals surface area contributed by atoms with E-state index in [0.29, 0.717) is 25.0 Å². The van der Waals surface area contributed by atoms with E-state index < -0.39 is 43.3 Å². The zero-order valence-corrected chi connectivity index (χ0v) is 51.9. The summed E-state index contributed by atoms with van der Waals surface area (Å²) in [6.07, 6.45) is 14.6. The average molecular weight is 1050 g/mol. The molecule has 1 heterocycles. The molecule has 1 aromatic rings.